The first-order chi connectivity index (χ1) is 20.4. The minimum absolute atomic E-state index is 0.0420. The molecule has 3 aromatic carbocycles. The average Bonchev–Trinajstić information content (AvgIpc) is 3.47. The second kappa shape index (κ2) is 13.7. The number of fused-ring (bicyclic) bond motifs is 1. The summed E-state index contributed by atoms with van der Waals surface area (Å²) in [6.07, 6.45) is -1.86. The Morgan fingerprint density at radius 3 is 1.93 bits per heavy atom. The van der Waals surface area contributed by atoms with Gasteiger partial charge in [0.15, 0.2) is 5.82 Å². The van der Waals surface area contributed by atoms with E-state index in [2.05, 4.69) is 10.1 Å². The van der Waals surface area contributed by atoms with Crippen LogP contribution in [0.1, 0.15) is 29.3 Å². The van der Waals surface area contributed by atoms with Crippen LogP contribution in [0.5, 0.6) is 0 Å². The van der Waals surface area contributed by atoms with Crippen LogP contribution in [0.15, 0.2) is 109 Å². The van der Waals surface area contributed by atoms with E-state index in [4.69, 9.17) is 19.9 Å². The summed E-state index contributed by atoms with van der Waals surface area (Å²) in [5.74, 6) is 0.278. The molecule has 4 atom stereocenters. The predicted octanol–water partition coefficient (Wildman–Crippen LogP) is 4.27. The first kappa shape index (κ1) is 29.4. The van der Waals surface area contributed by atoms with Gasteiger partial charge in [-0.3, -0.25) is 0 Å². The highest BCUT2D eigenvalue weighted by molar-refractivity contribution is 5.65. The lowest BCUT2D eigenvalue weighted by atomic mass is 9.88. The Balaban J connectivity index is 1.47. The third-order valence-corrected chi connectivity index (χ3v) is 7.19. The zero-order valence-electron chi connectivity index (χ0n) is 23.5. The van der Waals surface area contributed by atoms with Gasteiger partial charge in [-0.15, -0.1) is 0 Å². The third kappa shape index (κ3) is 7.02. The highest BCUT2D eigenvalue weighted by Gasteiger charge is 2.46. The van der Waals surface area contributed by atoms with Crippen LogP contribution >= 0.6 is 0 Å². The summed E-state index contributed by atoms with van der Waals surface area (Å²) < 4.78 is 20.3. The van der Waals surface area contributed by atoms with Gasteiger partial charge in [0.2, 0.25) is 0 Å². The van der Waals surface area contributed by atoms with Crippen molar-refractivity contribution in [3.63, 3.8) is 0 Å². The topological polar surface area (TPSA) is 124 Å². The highest BCUT2D eigenvalue weighted by atomic mass is 16.6. The molecule has 2 heterocycles. The molecule has 218 valence electrons. The van der Waals surface area contributed by atoms with Crippen LogP contribution in [0, 0.1) is 0 Å². The smallest absolute Gasteiger partial charge is 0.151 e. The van der Waals surface area contributed by atoms with Gasteiger partial charge in [0.1, 0.15) is 35.8 Å². The SMILES string of the molecule is CC(O)(c1ccc2c(N)ncnn12)[C@H](OCc1ccccc1)[C@H](OCc1ccccc1)[C@H](O)COCc1ccccc1. The van der Waals surface area contributed by atoms with E-state index in [0.29, 0.717) is 17.8 Å². The van der Waals surface area contributed by atoms with Gasteiger partial charge in [-0.25, -0.2) is 9.50 Å². The van der Waals surface area contributed by atoms with Crippen LogP contribution in [0.25, 0.3) is 5.52 Å². The van der Waals surface area contributed by atoms with Gasteiger partial charge in [-0.2, -0.15) is 5.10 Å². The fraction of sp³-hybridized carbons (Fsp3) is 0.273. The number of nitrogens with zero attached hydrogens (tertiary/aromatic N) is 3. The van der Waals surface area contributed by atoms with Crippen LogP contribution in [-0.4, -0.2) is 49.7 Å². The molecule has 5 rings (SSSR count). The van der Waals surface area contributed by atoms with E-state index < -0.39 is 23.9 Å². The lowest BCUT2D eigenvalue weighted by Gasteiger charge is -2.39. The van der Waals surface area contributed by atoms with E-state index in [1.165, 1.54) is 10.8 Å². The molecular formula is C33H36N4O5. The molecule has 0 saturated carbocycles. The fourth-order valence-corrected chi connectivity index (χ4v) is 4.95. The van der Waals surface area contributed by atoms with Crippen molar-refractivity contribution in [3.8, 4) is 0 Å². The molecule has 0 aliphatic carbocycles. The van der Waals surface area contributed by atoms with E-state index >= 15 is 0 Å². The molecule has 9 nitrogen and oxygen atoms in total. The number of aliphatic hydroxyl groups is 2. The maximum atomic E-state index is 12.2. The summed E-state index contributed by atoms with van der Waals surface area (Å²) >= 11 is 0. The zero-order chi connectivity index (χ0) is 29.4. The molecule has 0 amide bonds. The van der Waals surface area contributed by atoms with Gasteiger partial charge in [-0.1, -0.05) is 91.0 Å². The summed E-state index contributed by atoms with van der Waals surface area (Å²) in [4.78, 5) is 4.06. The highest BCUT2D eigenvalue weighted by Crippen LogP contribution is 2.34. The van der Waals surface area contributed by atoms with Crippen LogP contribution < -0.4 is 5.73 Å². The Morgan fingerprint density at radius 1 is 0.786 bits per heavy atom. The number of nitrogens with two attached hydrogens (primary N) is 1. The number of benzene rings is 3. The molecule has 5 aromatic rings. The Labute approximate surface area is 245 Å². The van der Waals surface area contributed by atoms with Crippen molar-refractivity contribution in [1.29, 1.82) is 0 Å². The van der Waals surface area contributed by atoms with Crippen molar-refractivity contribution in [2.45, 2.75) is 50.7 Å². The van der Waals surface area contributed by atoms with Crippen LogP contribution in [-0.2, 0) is 39.6 Å². The maximum absolute atomic E-state index is 12.2. The largest absolute Gasteiger partial charge is 0.388 e. The standard InChI is InChI=1S/C33H36N4O5/c1-33(39,29-18-17-27-32(34)35-23-36-37(27)29)31(42-21-26-15-9-4-10-16-26)30(41-20-25-13-7-3-8-14-25)28(38)22-40-19-24-11-5-2-6-12-24/h2-18,23,28,30-31,38-39H,19-22H2,1H3,(H2,34,35,36)/t28-,30-,31-,33?/m1/s1. The van der Waals surface area contributed by atoms with Crippen LogP contribution in [0.2, 0.25) is 0 Å². The van der Waals surface area contributed by atoms with Crippen molar-refractivity contribution in [1.82, 2.24) is 14.6 Å². The molecule has 42 heavy (non-hydrogen) atoms. The molecule has 2 aromatic heterocycles. The maximum Gasteiger partial charge on any atom is 0.151 e. The number of hydrogen-bond donors (Lipinski definition) is 3. The fourth-order valence-electron chi connectivity index (χ4n) is 4.95. The van der Waals surface area contributed by atoms with Gasteiger partial charge in [0, 0.05) is 0 Å². The Morgan fingerprint density at radius 2 is 1.33 bits per heavy atom. The number of ether oxygens (including phenoxy) is 3. The summed E-state index contributed by atoms with van der Waals surface area (Å²) in [6, 6.07) is 32.5. The number of aliphatic hydroxyl groups excluding tert-OH is 1. The monoisotopic (exact) mass is 568 g/mol. The Hall–Kier alpha value is -4.12. The Kier molecular flexibility index (Phi) is 9.58. The minimum atomic E-state index is -1.69. The molecule has 9 heteroatoms. The van der Waals surface area contributed by atoms with Gasteiger partial charge >= 0.3 is 0 Å². The summed E-state index contributed by atoms with van der Waals surface area (Å²) in [7, 11) is 0. The molecule has 0 aliphatic heterocycles. The summed E-state index contributed by atoms with van der Waals surface area (Å²) in [6.45, 7) is 2.25. The molecule has 0 aliphatic rings. The van der Waals surface area contributed by atoms with E-state index in [1.807, 2.05) is 91.0 Å². The molecule has 0 bridgehead atoms. The number of rotatable bonds is 14. The minimum Gasteiger partial charge on any atom is -0.388 e. The number of hydrogen-bond acceptors (Lipinski definition) is 8. The molecule has 0 radical (unpaired) electrons. The second-order valence-corrected chi connectivity index (χ2v) is 10.4. The van der Waals surface area contributed by atoms with E-state index in [1.54, 1.807) is 19.1 Å². The van der Waals surface area contributed by atoms with Crippen molar-refractivity contribution in [2.75, 3.05) is 12.3 Å². The number of aromatic nitrogens is 3. The molecule has 0 fully saturated rings. The quantitative estimate of drug-likeness (QED) is 0.182. The second-order valence-electron chi connectivity index (χ2n) is 10.4. The normalized spacial score (nSPS) is 15.2. The van der Waals surface area contributed by atoms with Gasteiger partial charge in [0.25, 0.3) is 0 Å². The van der Waals surface area contributed by atoms with Crippen LogP contribution in [0.3, 0.4) is 0 Å². The van der Waals surface area contributed by atoms with Crippen molar-refractivity contribution in [2.24, 2.45) is 0 Å². The van der Waals surface area contributed by atoms with Crippen molar-refractivity contribution < 1.29 is 24.4 Å². The van der Waals surface area contributed by atoms with E-state index in [0.717, 1.165) is 16.7 Å². The van der Waals surface area contributed by atoms with Crippen LogP contribution in [0.4, 0.5) is 5.82 Å². The molecule has 0 saturated heterocycles. The van der Waals surface area contributed by atoms with E-state index in [-0.39, 0.29) is 25.6 Å². The lowest BCUT2D eigenvalue weighted by Crippen LogP contribution is -2.53. The molecular weight excluding hydrogens is 532 g/mol. The van der Waals surface area contributed by atoms with Crippen molar-refractivity contribution >= 4 is 11.3 Å². The van der Waals surface area contributed by atoms with Gasteiger partial charge in [0.05, 0.1) is 32.1 Å². The van der Waals surface area contributed by atoms with Crippen molar-refractivity contribution in [3.05, 3.63) is 132 Å². The number of anilines is 1. The third-order valence-electron chi connectivity index (χ3n) is 7.19. The average molecular weight is 569 g/mol. The summed E-state index contributed by atoms with van der Waals surface area (Å²) in [5.41, 5.74) is 8.14. The molecule has 1 unspecified atom stereocenters. The first-order valence-corrected chi connectivity index (χ1v) is 13.9. The number of nitrogen functional groups attached to an aromatic ring is 1. The van der Waals surface area contributed by atoms with Gasteiger partial charge < -0.3 is 30.2 Å². The molecule has 0 spiro atoms. The lowest BCUT2D eigenvalue weighted by molar-refractivity contribution is -0.207. The van der Waals surface area contributed by atoms with E-state index in [9.17, 15) is 10.2 Å². The summed E-state index contributed by atoms with van der Waals surface area (Å²) in [5, 5.41) is 28.1. The predicted molar refractivity (Wildman–Crippen MR) is 159 cm³/mol. The zero-order valence-corrected chi connectivity index (χ0v) is 23.5. The molecule has 4 N–H and O–H groups in total. The Bertz CT molecular complexity index is 1530. The first-order valence-electron chi connectivity index (χ1n) is 13.9. The van der Waals surface area contributed by atoms with Gasteiger partial charge in [-0.05, 0) is 35.7 Å².